The highest BCUT2D eigenvalue weighted by molar-refractivity contribution is 8.15. The van der Waals surface area contributed by atoms with Crippen LogP contribution in [-0.2, 0) is 14.3 Å². The third kappa shape index (κ3) is 3.07. The van der Waals surface area contributed by atoms with Crippen LogP contribution in [0.5, 0.6) is 0 Å². The molecule has 138 valence electrons. The van der Waals surface area contributed by atoms with Crippen LogP contribution in [0.4, 0.5) is 0 Å². The van der Waals surface area contributed by atoms with E-state index in [1.807, 2.05) is 19.1 Å². The van der Waals surface area contributed by atoms with Gasteiger partial charge in [-0.15, -0.1) is 0 Å². The van der Waals surface area contributed by atoms with Crippen molar-refractivity contribution in [1.82, 2.24) is 4.90 Å². The molecule has 1 amide bonds. The van der Waals surface area contributed by atoms with Crippen molar-refractivity contribution in [3.63, 3.8) is 0 Å². The predicted molar refractivity (Wildman–Crippen MR) is 104 cm³/mol. The van der Waals surface area contributed by atoms with Crippen LogP contribution < -0.4 is 0 Å². The Morgan fingerprint density at radius 1 is 1.31 bits per heavy atom. The highest BCUT2D eigenvalue weighted by Crippen LogP contribution is 2.44. The number of allylic oxidation sites excluding steroid dienone is 1. The lowest BCUT2D eigenvalue weighted by atomic mass is 9.92. The number of benzene rings is 1. The molecule has 0 bridgehead atoms. The van der Waals surface area contributed by atoms with E-state index in [9.17, 15) is 9.59 Å². The van der Waals surface area contributed by atoms with Gasteiger partial charge in [-0.3, -0.25) is 9.69 Å². The molecule has 0 spiro atoms. The van der Waals surface area contributed by atoms with Gasteiger partial charge in [0.2, 0.25) is 5.91 Å². The summed E-state index contributed by atoms with van der Waals surface area (Å²) in [5.74, 6) is -0.0256. The summed E-state index contributed by atoms with van der Waals surface area (Å²) in [4.78, 5) is 31.6. The number of ether oxygens (including phenoxy) is 1. The maximum absolute atomic E-state index is 12.9. The molecule has 2 unspecified atom stereocenters. The Kier molecular flexibility index (Phi) is 5.23. The molecule has 0 saturated carbocycles. The fraction of sp³-hybridized carbons (Fsp3) is 0.450. The van der Waals surface area contributed by atoms with Gasteiger partial charge in [0, 0.05) is 0 Å². The van der Waals surface area contributed by atoms with Crippen LogP contribution >= 0.6 is 11.8 Å². The highest BCUT2D eigenvalue weighted by Gasteiger charge is 2.47. The molecular weight excluding hydrogens is 348 g/mol. The molecule has 0 N–H and O–H groups in total. The molecule has 2 atom stereocenters. The molecule has 26 heavy (non-hydrogen) atoms. The van der Waals surface area contributed by atoms with Crippen molar-refractivity contribution in [3.8, 4) is 0 Å². The number of nitrogens with zero attached hydrogens (tertiary/aromatic N) is 2. The third-order valence-corrected chi connectivity index (χ3v) is 6.16. The molecule has 2 aliphatic rings. The molecule has 6 heteroatoms. The average Bonchev–Trinajstić information content (AvgIpc) is 2.95. The van der Waals surface area contributed by atoms with Gasteiger partial charge in [-0.2, -0.15) is 0 Å². The average molecular weight is 372 g/mol. The molecule has 1 aromatic carbocycles. The maximum Gasteiger partial charge on any atom is 0.338 e. The van der Waals surface area contributed by atoms with Gasteiger partial charge in [0.05, 0.1) is 29.7 Å². The quantitative estimate of drug-likeness (QED) is 0.749. The molecule has 3 rings (SSSR count). The van der Waals surface area contributed by atoms with Crippen molar-refractivity contribution >= 4 is 28.8 Å². The largest absolute Gasteiger partial charge is 0.466 e. The Labute approximate surface area is 158 Å². The summed E-state index contributed by atoms with van der Waals surface area (Å²) in [5.41, 5.74) is 3.15. The molecule has 2 aliphatic heterocycles. The van der Waals surface area contributed by atoms with E-state index in [0.29, 0.717) is 22.4 Å². The molecule has 1 saturated heterocycles. The van der Waals surface area contributed by atoms with Gasteiger partial charge in [-0.1, -0.05) is 56.8 Å². The third-order valence-electron chi connectivity index (χ3n) is 4.85. The number of aliphatic imine (C=N–C) groups is 1. The van der Waals surface area contributed by atoms with Gasteiger partial charge >= 0.3 is 5.97 Å². The standard InChI is InChI=1S/C20H24N2O3S/c1-6-15-18(23)22-17(14-9-7-13(8-10-14)11(2)3)16(19(24)25-5)12(4)21-20(22)26-15/h7-11,15,17H,6H2,1-5H3. The zero-order valence-electron chi connectivity index (χ0n) is 15.8. The molecule has 2 heterocycles. The molecule has 0 aliphatic carbocycles. The first-order valence-electron chi connectivity index (χ1n) is 8.86. The minimum absolute atomic E-state index is 0.00286. The number of methoxy groups -OCH3 is 1. The molecule has 0 radical (unpaired) electrons. The Hall–Kier alpha value is -2.08. The molecule has 0 aromatic heterocycles. The second kappa shape index (κ2) is 7.27. The summed E-state index contributed by atoms with van der Waals surface area (Å²) >= 11 is 1.47. The molecular formula is C20H24N2O3S. The Balaban J connectivity index is 2.11. The lowest BCUT2D eigenvalue weighted by Gasteiger charge is -2.33. The number of thioether (sulfide) groups is 1. The second-order valence-electron chi connectivity index (χ2n) is 6.83. The van der Waals surface area contributed by atoms with Crippen molar-refractivity contribution in [2.45, 2.75) is 51.3 Å². The van der Waals surface area contributed by atoms with E-state index in [0.717, 1.165) is 12.0 Å². The van der Waals surface area contributed by atoms with Crippen LogP contribution in [0.25, 0.3) is 0 Å². The number of carbonyl (C=O) groups excluding carboxylic acids is 2. The smallest absolute Gasteiger partial charge is 0.338 e. The molecule has 1 aromatic rings. The van der Waals surface area contributed by atoms with Crippen LogP contribution in [0, 0.1) is 0 Å². The van der Waals surface area contributed by atoms with Crippen LogP contribution in [0.15, 0.2) is 40.5 Å². The Morgan fingerprint density at radius 2 is 1.96 bits per heavy atom. The topological polar surface area (TPSA) is 59.0 Å². The van der Waals surface area contributed by atoms with Gasteiger partial charge in [-0.05, 0) is 30.4 Å². The number of hydrogen-bond donors (Lipinski definition) is 0. The van der Waals surface area contributed by atoms with Gasteiger partial charge < -0.3 is 4.74 Å². The van der Waals surface area contributed by atoms with Gasteiger partial charge in [0.25, 0.3) is 0 Å². The number of rotatable bonds is 4. The van der Waals surface area contributed by atoms with E-state index in [1.54, 1.807) is 11.8 Å². The normalized spacial score (nSPS) is 22.6. The van der Waals surface area contributed by atoms with E-state index in [2.05, 4.69) is 31.0 Å². The number of hydrogen-bond acceptors (Lipinski definition) is 5. The minimum atomic E-state index is -0.493. The SMILES string of the molecule is CCC1SC2=NC(C)=C(C(=O)OC)C(c3ccc(C(C)C)cc3)N2C1=O. The zero-order chi connectivity index (χ0) is 19.0. The van der Waals surface area contributed by atoms with Crippen molar-refractivity contribution in [2.24, 2.45) is 4.99 Å². The van der Waals surface area contributed by atoms with Crippen molar-refractivity contribution in [1.29, 1.82) is 0 Å². The monoisotopic (exact) mass is 372 g/mol. The zero-order valence-corrected chi connectivity index (χ0v) is 16.6. The predicted octanol–water partition coefficient (Wildman–Crippen LogP) is 4.02. The minimum Gasteiger partial charge on any atom is -0.466 e. The highest BCUT2D eigenvalue weighted by atomic mass is 32.2. The van der Waals surface area contributed by atoms with E-state index in [-0.39, 0.29) is 11.2 Å². The molecule has 1 fully saturated rings. The summed E-state index contributed by atoms with van der Waals surface area (Å²) in [6.07, 6.45) is 0.727. The van der Waals surface area contributed by atoms with Gasteiger partial charge in [-0.25, -0.2) is 9.79 Å². The van der Waals surface area contributed by atoms with E-state index in [4.69, 9.17) is 4.74 Å². The van der Waals surface area contributed by atoms with Crippen molar-refractivity contribution < 1.29 is 14.3 Å². The van der Waals surface area contributed by atoms with Crippen molar-refractivity contribution in [3.05, 3.63) is 46.7 Å². The summed E-state index contributed by atoms with van der Waals surface area (Å²) in [6.45, 7) is 8.06. The van der Waals surface area contributed by atoms with Crippen LogP contribution in [0.3, 0.4) is 0 Å². The number of esters is 1. The fourth-order valence-electron chi connectivity index (χ4n) is 3.34. The van der Waals surface area contributed by atoms with E-state index >= 15 is 0 Å². The maximum atomic E-state index is 12.9. The second-order valence-corrected chi connectivity index (χ2v) is 8.00. The van der Waals surface area contributed by atoms with Gasteiger partial charge in [0.1, 0.15) is 0 Å². The number of amidine groups is 1. The Bertz CT molecular complexity index is 796. The first kappa shape index (κ1) is 18.7. The lowest BCUT2D eigenvalue weighted by Crippen LogP contribution is -2.40. The Morgan fingerprint density at radius 3 is 2.50 bits per heavy atom. The summed E-state index contributed by atoms with van der Waals surface area (Å²) in [6, 6.07) is 7.61. The molecule has 5 nitrogen and oxygen atoms in total. The first-order chi connectivity index (χ1) is 12.4. The van der Waals surface area contributed by atoms with Gasteiger partial charge in [0.15, 0.2) is 5.17 Å². The van der Waals surface area contributed by atoms with Crippen LogP contribution in [0.1, 0.15) is 57.2 Å². The first-order valence-corrected chi connectivity index (χ1v) is 9.74. The van der Waals surface area contributed by atoms with Crippen molar-refractivity contribution in [2.75, 3.05) is 7.11 Å². The number of carbonyl (C=O) groups is 2. The summed E-state index contributed by atoms with van der Waals surface area (Å²) in [5, 5.41) is 0.515. The summed E-state index contributed by atoms with van der Waals surface area (Å²) < 4.78 is 5.00. The summed E-state index contributed by atoms with van der Waals surface area (Å²) in [7, 11) is 1.36. The van der Waals surface area contributed by atoms with Crippen LogP contribution in [0.2, 0.25) is 0 Å². The fourth-order valence-corrected chi connectivity index (χ4v) is 4.47. The van der Waals surface area contributed by atoms with Crippen LogP contribution in [-0.4, -0.2) is 34.3 Å². The lowest BCUT2D eigenvalue weighted by molar-refractivity contribution is -0.137. The van der Waals surface area contributed by atoms with E-state index < -0.39 is 12.0 Å². The number of amides is 1. The number of fused-ring (bicyclic) bond motifs is 1. The van der Waals surface area contributed by atoms with E-state index in [1.165, 1.54) is 24.4 Å².